The lowest BCUT2D eigenvalue weighted by atomic mass is 10.0. The first-order chi connectivity index (χ1) is 38.3. The Morgan fingerprint density at radius 3 is 1.98 bits per heavy atom. The highest BCUT2D eigenvalue weighted by atomic mass is 33.1. The molecule has 31 heteroatoms. The van der Waals surface area contributed by atoms with Crippen molar-refractivity contribution in [3.8, 4) is 0 Å². The molecule has 2 aliphatic rings. The fourth-order valence-electron chi connectivity index (χ4n) is 7.46. The first-order valence-electron chi connectivity index (χ1n) is 25.3. The molecule has 15 N–H and O–H groups in total. The molecule has 2 fully saturated rings. The Hall–Kier alpha value is -7.67. The van der Waals surface area contributed by atoms with E-state index in [1.165, 1.54) is 30.5 Å². The van der Waals surface area contributed by atoms with Crippen LogP contribution in [0.1, 0.15) is 56.6 Å². The van der Waals surface area contributed by atoms with Crippen LogP contribution >= 0.6 is 33.3 Å². The number of carboxylic acids is 1. The Bertz CT molecular complexity index is 2530. The zero-order chi connectivity index (χ0) is 58.4. The van der Waals surface area contributed by atoms with Gasteiger partial charge < -0.3 is 74.6 Å². The molecule has 2 aromatic carbocycles. The first-order valence-corrected chi connectivity index (χ1v) is 28.9. The largest absolute Gasteiger partial charge is 0.481 e. The van der Waals surface area contributed by atoms with Gasteiger partial charge in [0.1, 0.15) is 48.1 Å². The molecule has 2 aromatic rings. The van der Waals surface area contributed by atoms with Gasteiger partial charge >= 0.3 is 5.97 Å². The lowest BCUT2D eigenvalue weighted by Crippen LogP contribution is -2.60. The Kier molecular flexibility index (Phi) is 28.4. The summed E-state index contributed by atoms with van der Waals surface area (Å²) in [4.78, 5) is 159. The van der Waals surface area contributed by atoms with Crippen LogP contribution in [0.3, 0.4) is 0 Å². The summed E-state index contributed by atoms with van der Waals surface area (Å²) < 4.78 is 13.2. The number of nitrogens with one attached hydrogen (secondary N) is 10. The summed E-state index contributed by atoms with van der Waals surface area (Å²) in [6.07, 6.45) is 0.701. The third-order valence-electron chi connectivity index (χ3n) is 11.5. The van der Waals surface area contributed by atoms with Gasteiger partial charge in [-0.3, -0.25) is 57.7 Å². The van der Waals surface area contributed by atoms with E-state index in [9.17, 15) is 62.2 Å². The standard InChI is InChI=1S/C49H67FN14O13S3/c1-2-53-43(71)35-24-78-27-40(67)58-32(11-6-7-17-54-39(66)23-77-57-21-29-13-15-30(50)16-14-29)44(72)63-36-25-79-80-26-37(48(76)61-33(45(73)62-35)19-28-9-4-3-5-10-28)64-46(74)34(20-41(68)69)59-38(65)22-56-42(70)31(60-47(36)75)12-8-18-55-49(51)52/h3-5,9-10,13-16,21,31-37H,2,6-8,11-12,17-20,22-27H2,1H3,(H,53,71)(H,54,66)(H,56,70)(H,58,67)(H,59,65)(H,60,75)(H,61,76)(H,62,73)(H,63,72)(H,64,74)(H,68,69)(H4,51,52,55)/t31-,32-,33-,34-,35-,36-,37-/m0/s1. The summed E-state index contributed by atoms with van der Waals surface area (Å²) in [6, 6.07) is 3.70. The molecule has 2 bridgehead atoms. The third kappa shape index (κ3) is 24.6. The number of amides is 10. The van der Waals surface area contributed by atoms with Crippen LogP contribution in [-0.2, 0) is 64.0 Å². The van der Waals surface area contributed by atoms with E-state index in [0.29, 0.717) is 11.1 Å². The number of hydrogen-bond donors (Lipinski definition) is 13. The maximum Gasteiger partial charge on any atom is 0.305 e. The summed E-state index contributed by atoms with van der Waals surface area (Å²) in [5, 5.41) is 39.1. The molecular weight excluding hydrogens is 1110 g/mol. The highest BCUT2D eigenvalue weighted by Crippen LogP contribution is 2.24. The zero-order valence-electron chi connectivity index (χ0n) is 43.6. The number of hydrogen-bond acceptors (Lipinski definition) is 17. The first kappa shape index (κ1) is 64.9. The van der Waals surface area contributed by atoms with Gasteiger partial charge in [-0.15, -0.1) is 11.8 Å². The summed E-state index contributed by atoms with van der Waals surface area (Å²) in [5.41, 5.74) is 12.1. The number of carbonyl (C=O) groups excluding carboxylic acids is 10. The van der Waals surface area contributed by atoms with Crippen molar-refractivity contribution in [2.24, 2.45) is 21.6 Å². The molecule has 7 atom stereocenters. The summed E-state index contributed by atoms with van der Waals surface area (Å²) in [5.74, 6) is -11.7. The minimum absolute atomic E-state index is 0.0185. The molecule has 0 saturated carbocycles. The van der Waals surface area contributed by atoms with Crippen molar-refractivity contribution in [3.05, 3.63) is 71.5 Å². The van der Waals surface area contributed by atoms with E-state index >= 15 is 0 Å². The number of thioether (sulfide) groups is 1. The Labute approximate surface area is 472 Å². The van der Waals surface area contributed by atoms with Crippen LogP contribution in [-0.4, -0.2) is 180 Å². The van der Waals surface area contributed by atoms with E-state index in [2.05, 4.69) is 63.3 Å². The summed E-state index contributed by atoms with van der Waals surface area (Å²) in [6.45, 7) is 0.667. The Balaban J connectivity index is 1.69. The number of likely N-dealkylation sites (N-methyl/N-ethyl adjacent to an activating group) is 1. The molecule has 0 unspecified atom stereocenters. The monoisotopic (exact) mass is 1170 g/mol. The molecule has 10 amide bonds. The number of guanidine groups is 1. The molecule has 2 aliphatic heterocycles. The van der Waals surface area contributed by atoms with Crippen LogP contribution in [0.2, 0.25) is 0 Å². The van der Waals surface area contributed by atoms with Crippen LogP contribution in [0.15, 0.2) is 64.7 Å². The van der Waals surface area contributed by atoms with Gasteiger partial charge in [0.25, 0.3) is 5.91 Å². The van der Waals surface area contributed by atoms with Gasteiger partial charge in [-0.2, -0.15) is 0 Å². The fraction of sp³-hybridized carbons (Fsp3) is 0.490. The number of fused-ring (bicyclic) bond motifs is 5. The number of carboxylic acid groups (broad SMARTS) is 1. The van der Waals surface area contributed by atoms with Crippen LogP contribution in [0.5, 0.6) is 0 Å². The second-order valence-electron chi connectivity index (χ2n) is 17.9. The maximum absolute atomic E-state index is 14.4. The number of oxime groups is 1. The minimum Gasteiger partial charge on any atom is -0.481 e. The molecule has 2 heterocycles. The predicted molar refractivity (Wildman–Crippen MR) is 297 cm³/mol. The number of nitrogens with two attached hydrogens (primary N) is 2. The second kappa shape index (κ2) is 35.1. The van der Waals surface area contributed by atoms with E-state index < -0.39 is 133 Å². The number of nitrogens with zero attached hydrogens (tertiary/aromatic N) is 2. The number of unbranched alkanes of at least 4 members (excludes halogenated alkanes) is 1. The highest BCUT2D eigenvalue weighted by molar-refractivity contribution is 8.76. The van der Waals surface area contributed by atoms with Crippen molar-refractivity contribution in [3.63, 3.8) is 0 Å². The molecule has 0 spiro atoms. The van der Waals surface area contributed by atoms with Crippen molar-refractivity contribution in [2.75, 3.05) is 55.8 Å². The van der Waals surface area contributed by atoms with Crippen molar-refractivity contribution >= 4 is 111 Å². The molecule has 436 valence electrons. The Morgan fingerprint density at radius 2 is 1.32 bits per heavy atom. The quantitative estimate of drug-likeness (QED) is 0.0219. The van der Waals surface area contributed by atoms with Crippen LogP contribution in [0, 0.1) is 5.82 Å². The highest BCUT2D eigenvalue weighted by Gasteiger charge is 2.35. The average Bonchev–Trinajstić information content (AvgIpc) is 3.42. The minimum atomic E-state index is -1.79. The van der Waals surface area contributed by atoms with E-state index in [4.69, 9.17) is 16.3 Å². The third-order valence-corrected chi connectivity index (χ3v) is 15.0. The van der Waals surface area contributed by atoms with Crippen LogP contribution < -0.4 is 64.6 Å². The van der Waals surface area contributed by atoms with Gasteiger partial charge in [0, 0.05) is 43.3 Å². The number of aliphatic carboxylic acids is 1. The van der Waals surface area contributed by atoms with Crippen LogP contribution in [0.25, 0.3) is 0 Å². The summed E-state index contributed by atoms with van der Waals surface area (Å²) >= 11 is 0.934. The van der Waals surface area contributed by atoms with Crippen molar-refractivity contribution in [1.82, 2.24) is 53.2 Å². The SMILES string of the molecule is CCNC(=O)[C@@H]1CSCC(=O)N[C@@H](CCCCNC(=O)CON=Cc2ccc(F)cc2)C(=O)N[C@H]2CSSC[C@H](NC(=O)[C@H](CC(=O)O)NC(=O)CNC(=O)[C@H](CCCN=C(N)N)NC2=O)C(=O)N[C@@H](Cc2ccccc2)C(=O)N1. The maximum atomic E-state index is 14.4. The second-order valence-corrected chi connectivity index (χ2v) is 21.5. The smallest absolute Gasteiger partial charge is 0.305 e. The molecule has 27 nitrogen and oxygen atoms in total. The lowest BCUT2D eigenvalue weighted by molar-refractivity contribution is -0.141. The van der Waals surface area contributed by atoms with Crippen molar-refractivity contribution < 1.29 is 67.1 Å². The lowest BCUT2D eigenvalue weighted by Gasteiger charge is -2.27. The zero-order valence-corrected chi connectivity index (χ0v) is 46.1. The van der Waals surface area contributed by atoms with Gasteiger partial charge in [0.15, 0.2) is 12.6 Å². The molecule has 2 saturated heterocycles. The van der Waals surface area contributed by atoms with E-state index in [1.54, 1.807) is 37.3 Å². The molecular formula is C49H67FN14O13S3. The van der Waals surface area contributed by atoms with E-state index in [1.807, 2.05) is 0 Å². The van der Waals surface area contributed by atoms with Gasteiger partial charge in [-0.05, 0) is 62.3 Å². The number of halogens is 1. The average molecular weight is 1180 g/mol. The number of aliphatic imine (C=N–C) groups is 1. The van der Waals surface area contributed by atoms with E-state index in [-0.39, 0.29) is 87.1 Å². The topological polar surface area (TPSA) is 414 Å². The molecule has 0 aliphatic carbocycles. The van der Waals surface area contributed by atoms with Gasteiger partial charge in [-0.1, -0.05) is 69.2 Å². The molecule has 0 radical (unpaired) electrons. The van der Waals surface area contributed by atoms with Gasteiger partial charge in [0.05, 0.1) is 24.9 Å². The molecule has 80 heavy (non-hydrogen) atoms. The number of rotatable bonds is 19. The number of benzene rings is 2. The fourth-order valence-corrected chi connectivity index (χ4v) is 10.6. The normalized spacial score (nSPS) is 22.4. The van der Waals surface area contributed by atoms with Gasteiger partial charge in [-0.25, -0.2) is 4.39 Å². The molecule has 0 aromatic heterocycles. The van der Waals surface area contributed by atoms with Crippen molar-refractivity contribution in [1.29, 1.82) is 0 Å². The summed E-state index contributed by atoms with van der Waals surface area (Å²) in [7, 11) is 1.86. The van der Waals surface area contributed by atoms with Crippen LogP contribution in [0.4, 0.5) is 4.39 Å². The van der Waals surface area contributed by atoms with Gasteiger partial charge in [0.2, 0.25) is 53.2 Å². The number of carbonyl (C=O) groups is 11. The molecule has 4 rings (SSSR count). The van der Waals surface area contributed by atoms with E-state index in [0.717, 1.165) is 33.3 Å². The predicted octanol–water partition coefficient (Wildman–Crippen LogP) is -2.98. The Morgan fingerprint density at radius 1 is 0.713 bits per heavy atom. The van der Waals surface area contributed by atoms with Crippen molar-refractivity contribution in [2.45, 2.75) is 94.2 Å².